The fourth-order valence-corrected chi connectivity index (χ4v) is 2.96. The first-order chi connectivity index (χ1) is 12.3. The second-order valence-electron chi connectivity index (χ2n) is 7.48. The summed E-state index contributed by atoms with van der Waals surface area (Å²) in [6.45, 7) is 9.11. The minimum Gasteiger partial charge on any atom is -0.348 e. The van der Waals surface area contributed by atoms with Crippen LogP contribution in [0.4, 0.5) is 11.4 Å². The van der Waals surface area contributed by atoms with Gasteiger partial charge in [-0.3, -0.25) is 14.4 Å². The largest absolute Gasteiger partial charge is 0.348 e. The molecule has 1 aromatic rings. The molecule has 6 nitrogen and oxygen atoms in total. The number of fused-ring (bicyclic) bond motifs is 1. The van der Waals surface area contributed by atoms with Crippen molar-refractivity contribution in [2.45, 2.75) is 47.0 Å². The van der Waals surface area contributed by atoms with Crippen molar-refractivity contribution in [1.82, 2.24) is 5.32 Å². The van der Waals surface area contributed by atoms with Gasteiger partial charge in [0.15, 0.2) is 0 Å². The summed E-state index contributed by atoms with van der Waals surface area (Å²) >= 11 is 0. The maximum Gasteiger partial charge on any atom is 0.313 e. The lowest BCUT2D eigenvalue weighted by Crippen LogP contribution is -2.38. The van der Waals surface area contributed by atoms with E-state index in [9.17, 15) is 14.4 Å². The molecule has 0 aliphatic carbocycles. The first-order valence-corrected chi connectivity index (χ1v) is 9.33. The van der Waals surface area contributed by atoms with Crippen molar-refractivity contribution in [3.63, 3.8) is 0 Å². The van der Waals surface area contributed by atoms with Gasteiger partial charge in [-0.25, -0.2) is 0 Å². The van der Waals surface area contributed by atoms with Crippen molar-refractivity contribution in [2.24, 2.45) is 11.8 Å². The average Bonchev–Trinajstić information content (AvgIpc) is 2.59. The Morgan fingerprint density at radius 3 is 2.50 bits per heavy atom. The molecule has 1 heterocycles. The second kappa shape index (κ2) is 8.83. The maximum atomic E-state index is 12.4. The maximum absolute atomic E-state index is 12.4. The van der Waals surface area contributed by atoms with E-state index in [0.717, 1.165) is 30.5 Å². The molecule has 0 spiro atoms. The molecule has 6 heteroatoms. The van der Waals surface area contributed by atoms with E-state index in [1.54, 1.807) is 6.07 Å². The highest BCUT2D eigenvalue weighted by atomic mass is 16.2. The number of benzene rings is 1. The van der Waals surface area contributed by atoms with Gasteiger partial charge in [0.05, 0.1) is 0 Å². The zero-order valence-electron chi connectivity index (χ0n) is 16.1. The number of hydrogen-bond acceptors (Lipinski definition) is 3. The van der Waals surface area contributed by atoms with Crippen molar-refractivity contribution < 1.29 is 14.4 Å². The molecule has 3 amide bonds. The monoisotopic (exact) mass is 359 g/mol. The standard InChI is InChI=1S/C20H29N3O3/c1-13(2)9-10-21-18(24)19(25)22-16-7-8-17-15(12-16)6-5-11-23(17)20(26)14(3)4/h7-8,12-14H,5-6,9-11H2,1-4H3,(H,21,24)(H,22,25). The predicted octanol–water partition coefficient (Wildman–Crippen LogP) is 2.72. The van der Waals surface area contributed by atoms with Gasteiger partial charge < -0.3 is 15.5 Å². The minimum atomic E-state index is -0.667. The third kappa shape index (κ3) is 5.07. The lowest BCUT2D eigenvalue weighted by Gasteiger charge is -2.31. The van der Waals surface area contributed by atoms with Gasteiger partial charge >= 0.3 is 11.8 Å². The summed E-state index contributed by atoms with van der Waals surface area (Å²) < 4.78 is 0. The van der Waals surface area contributed by atoms with E-state index in [1.807, 2.05) is 30.9 Å². The molecule has 0 aromatic heterocycles. The zero-order valence-corrected chi connectivity index (χ0v) is 16.1. The molecule has 1 aliphatic rings. The van der Waals surface area contributed by atoms with Gasteiger partial charge in [-0.2, -0.15) is 0 Å². The minimum absolute atomic E-state index is 0.0603. The van der Waals surface area contributed by atoms with Crippen molar-refractivity contribution >= 4 is 29.1 Å². The van der Waals surface area contributed by atoms with Crippen LogP contribution in [0.5, 0.6) is 0 Å². The number of nitrogens with one attached hydrogen (secondary N) is 2. The number of rotatable bonds is 5. The summed E-state index contributed by atoms with van der Waals surface area (Å²) in [4.78, 5) is 38.1. The number of carbonyl (C=O) groups is 3. The van der Waals surface area contributed by atoms with E-state index >= 15 is 0 Å². The van der Waals surface area contributed by atoms with Crippen LogP contribution in [-0.2, 0) is 20.8 Å². The number of hydrogen-bond donors (Lipinski definition) is 2. The van der Waals surface area contributed by atoms with Crippen LogP contribution in [0.25, 0.3) is 0 Å². The Balaban J connectivity index is 2.03. The molecule has 26 heavy (non-hydrogen) atoms. The zero-order chi connectivity index (χ0) is 19.3. The first kappa shape index (κ1) is 19.9. The van der Waals surface area contributed by atoms with Gasteiger partial charge in [0.2, 0.25) is 5.91 Å². The molecule has 2 rings (SSSR count). The van der Waals surface area contributed by atoms with E-state index < -0.39 is 11.8 Å². The van der Waals surface area contributed by atoms with Crippen LogP contribution in [-0.4, -0.2) is 30.8 Å². The summed E-state index contributed by atoms with van der Waals surface area (Å²) in [5, 5.41) is 5.27. The Labute approximate surface area is 155 Å². The lowest BCUT2D eigenvalue weighted by molar-refractivity contribution is -0.136. The Bertz CT molecular complexity index is 683. The van der Waals surface area contributed by atoms with Crippen LogP contribution in [0.1, 0.15) is 46.1 Å². The third-order valence-electron chi connectivity index (χ3n) is 4.43. The summed E-state index contributed by atoms with van der Waals surface area (Å²) in [6, 6.07) is 5.44. The number of carbonyl (C=O) groups excluding carboxylic acids is 3. The normalized spacial score (nSPS) is 13.5. The van der Waals surface area contributed by atoms with Gasteiger partial charge in [0, 0.05) is 30.4 Å². The van der Waals surface area contributed by atoms with Crippen molar-refractivity contribution in [3.05, 3.63) is 23.8 Å². The topological polar surface area (TPSA) is 78.5 Å². The van der Waals surface area contributed by atoms with E-state index in [-0.39, 0.29) is 11.8 Å². The SMILES string of the molecule is CC(C)CCNC(=O)C(=O)Nc1ccc2c(c1)CCCN2C(=O)C(C)C. The van der Waals surface area contributed by atoms with E-state index in [0.29, 0.717) is 24.7 Å². The molecule has 0 bridgehead atoms. The van der Waals surface area contributed by atoms with Crippen molar-refractivity contribution in [3.8, 4) is 0 Å². The first-order valence-electron chi connectivity index (χ1n) is 9.33. The average molecular weight is 359 g/mol. The molecule has 0 fully saturated rings. The highest BCUT2D eigenvalue weighted by molar-refractivity contribution is 6.39. The lowest BCUT2D eigenvalue weighted by atomic mass is 9.99. The van der Waals surface area contributed by atoms with Gasteiger partial charge in [-0.1, -0.05) is 27.7 Å². The Hall–Kier alpha value is -2.37. The molecule has 0 radical (unpaired) electrons. The van der Waals surface area contributed by atoms with E-state index in [2.05, 4.69) is 24.5 Å². The molecule has 2 N–H and O–H groups in total. The van der Waals surface area contributed by atoms with Crippen LogP contribution in [0, 0.1) is 11.8 Å². The number of nitrogens with zero attached hydrogens (tertiary/aromatic N) is 1. The Morgan fingerprint density at radius 2 is 1.85 bits per heavy atom. The molecule has 142 valence electrons. The fourth-order valence-electron chi connectivity index (χ4n) is 2.96. The summed E-state index contributed by atoms with van der Waals surface area (Å²) in [5.41, 5.74) is 2.49. The molecule has 1 aliphatic heterocycles. The van der Waals surface area contributed by atoms with Crippen LogP contribution in [0.15, 0.2) is 18.2 Å². The summed E-state index contributed by atoms with van der Waals surface area (Å²) in [7, 11) is 0. The van der Waals surface area contributed by atoms with Gasteiger partial charge in [0.25, 0.3) is 0 Å². The number of anilines is 2. The third-order valence-corrected chi connectivity index (χ3v) is 4.43. The van der Waals surface area contributed by atoms with Crippen LogP contribution >= 0.6 is 0 Å². The van der Waals surface area contributed by atoms with Gasteiger partial charge in [0.1, 0.15) is 0 Å². The molecule has 1 aromatic carbocycles. The van der Waals surface area contributed by atoms with Crippen molar-refractivity contribution in [1.29, 1.82) is 0 Å². The van der Waals surface area contributed by atoms with Crippen LogP contribution in [0.2, 0.25) is 0 Å². The molecular weight excluding hydrogens is 330 g/mol. The second-order valence-corrected chi connectivity index (χ2v) is 7.48. The molecule has 0 unspecified atom stereocenters. The highest BCUT2D eigenvalue weighted by Crippen LogP contribution is 2.30. The van der Waals surface area contributed by atoms with Gasteiger partial charge in [-0.05, 0) is 48.9 Å². The van der Waals surface area contributed by atoms with Crippen molar-refractivity contribution in [2.75, 3.05) is 23.3 Å². The van der Waals surface area contributed by atoms with E-state index in [1.165, 1.54) is 0 Å². The van der Waals surface area contributed by atoms with Crippen LogP contribution < -0.4 is 15.5 Å². The number of aryl methyl sites for hydroxylation is 1. The Morgan fingerprint density at radius 1 is 1.12 bits per heavy atom. The van der Waals surface area contributed by atoms with E-state index in [4.69, 9.17) is 0 Å². The highest BCUT2D eigenvalue weighted by Gasteiger charge is 2.24. The smallest absolute Gasteiger partial charge is 0.313 e. The molecule has 0 atom stereocenters. The molecule has 0 saturated heterocycles. The summed E-state index contributed by atoms with van der Waals surface area (Å²) in [5.74, 6) is -0.780. The Kier molecular flexibility index (Phi) is 6.77. The van der Waals surface area contributed by atoms with Gasteiger partial charge in [-0.15, -0.1) is 0 Å². The molecule has 0 saturated carbocycles. The quantitative estimate of drug-likeness (QED) is 0.794. The van der Waals surface area contributed by atoms with Crippen LogP contribution in [0.3, 0.4) is 0 Å². The fraction of sp³-hybridized carbons (Fsp3) is 0.550. The number of amides is 3. The summed E-state index contributed by atoms with van der Waals surface area (Å²) in [6.07, 6.45) is 2.57. The molecular formula is C20H29N3O3. The predicted molar refractivity (Wildman–Crippen MR) is 103 cm³/mol.